The maximum atomic E-state index is 13.2. The summed E-state index contributed by atoms with van der Waals surface area (Å²) in [7, 11) is 0. The molecule has 154 valence electrons. The number of Topliss-reactive ketones (excluding diaryl/α,β-unsaturated/α-hetero) is 1. The van der Waals surface area contributed by atoms with E-state index >= 15 is 0 Å². The van der Waals surface area contributed by atoms with E-state index < -0.39 is 64.8 Å². The number of halogens is 12. The smallest absolute Gasteiger partial charge is 0.374 e. The predicted octanol–water partition coefficient (Wildman–Crippen LogP) is 3.83. The molecular weight excluding hydrogens is 441 g/mol. The van der Waals surface area contributed by atoms with Crippen molar-refractivity contribution in [2.24, 2.45) is 11.8 Å². The van der Waals surface area contributed by atoms with Crippen LogP contribution in [-0.2, 0) is 4.79 Å². The van der Waals surface area contributed by atoms with E-state index in [4.69, 9.17) is 0 Å². The normalized spacial score (nSPS) is 28.0. The van der Waals surface area contributed by atoms with Gasteiger partial charge in [-0.05, 0) is 36.0 Å². The van der Waals surface area contributed by atoms with Crippen LogP contribution in [0.4, 0.5) is 43.9 Å². The molecule has 1 fully saturated rings. The molecule has 0 aromatic heterocycles. The Kier molecular flexibility index (Phi) is 5.64. The van der Waals surface area contributed by atoms with E-state index in [0.717, 1.165) is 0 Å². The van der Waals surface area contributed by atoms with Crippen molar-refractivity contribution in [1.82, 2.24) is 0 Å². The molecule has 0 bridgehead atoms. The second-order valence-electron chi connectivity index (χ2n) is 5.61. The number of hydrogen-bond donors (Lipinski definition) is 2. The SMILES string of the molecule is O=C1C(C(O)(C(F)(F)F)C(F)(F)Cl)CCC1C(O)(C(F)(F)F)C(F)(F)Cl. The number of hydrogen-bond acceptors (Lipinski definition) is 3. The first kappa shape index (κ1) is 23.5. The van der Waals surface area contributed by atoms with Crippen LogP contribution in [-0.4, -0.2) is 50.3 Å². The van der Waals surface area contributed by atoms with Gasteiger partial charge in [0.2, 0.25) is 11.2 Å². The quantitative estimate of drug-likeness (QED) is 0.507. The van der Waals surface area contributed by atoms with Gasteiger partial charge in [-0.25, -0.2) is 0 Å². The Morgan fingerprint density at radius 2 is 0.923 bits per heavy atom. The van der Waals surface area contributed by atoms with Crippen LogP contribution in [0, 0.1) is 11.8 Å². The fourth-order valence-electron chi connectivity index (χ4n) is 2.80. The van der Waals surface area contributed by atoms with E-state index in [1.165, 1.54) is 0 Å². The van der Waals surface area contributed by atoms with Crippen LogP contribution in [0.3, 0.4) is 0 Å². The summed E-state index contributed by atoms with van der Waals surface area (Å²) in [5, 5.41) is 7.47. The molecule has 0 radical (unpaired) electrons. The van der Waals surface area contributed by atoms with Crippen molar-refractivity contribution in [2.45, 2.75) is 47.2 Å². The highest BCUT2D eigenvalue weighted by atomic mass is 35.5. The molecule has 15 heteroatoms. The lowest BCUT2D eigenvalue weighted by Crippen LogP contribution is -2.65. The Hall–Kier alpha value is -0.530. The van der Waals surface area contributed by atoms with Gasteiger partial charge in [-0.2, -0.15) is 43.9 Å². The zero-order valence-corrected chi connectivity index (χ0v) is 13.4. The van der Waals surface area contributed by atoms with Crippen LogP contribution in [0.1, 0.15) is 12.8 Å². The third-order valence-electron chi connectivity index (χ3n) is 4.17. The molecule has 0 aromatic carbocycles. The Morgan fingerprint density at radius 3 is 1.08 bits per heavy atom. The largest absolute Gasteiger partial charge is 0.425 e. The molecule has 0 spiro atoms. The lowest BCUT2D eigenvalue weighted by Gasteiger charge is -2.39. The maximum Gasteiger partial charge on any atom is 0.425 e. The Balaban J connectivity index is 3.50. The van der Waals surface area contributed by atoms with E-state index in [-0.39, 0.29) is 0 Å². The summed E-state index contributed by atoms with van der Waals surface area (Å²) in [5.41, 5.74) is -10.7. The number of alkyl halides is 12. The third kappa shape index (κ3) is 3.24. The minimum Gasteiger partial charge on any atom is -0.374 e. The summed E-state index contributed by atoms with van der Waals surface area (Å²) in [5.74, 6) is -9.24. The predicted molar refractivity (Wildman–Crippen MR) is 64.8 cm³/mol. The number of ketones is 1. The molecule has 3 nitrogen and oxygen atoms in total. The van der Waals surface area contributed by atoms with Gasteiger partial charge in [0.05, 0.1) is 11.8 Å². The third-order valence-corrected chi connectivity index (χ3v) is 4.74. The van der Waals surface area contributed by atoms with Gasteiger partial charge in [0.15, 0.2) is 0 Å². The van der Waals surface area contributed by atoms with Gasteiger partial charge in [-0.3, -0.25) is 4.79 Å². The standard InChI is InChI=1S/C11H8Cl2F10O3/c12-8(14,15)6(25,10(18,19)20)3-1-2-4(5(3)24)7(26,9(13,16)17)11(21,22)23/h3-4,25-26H,1-2H2. The first-order valence-electron chi connectivity index (χ1n) is 6.39. The van der Waals surface area contributed by atoms with Crippen LogP contribution in [0.2, 0.25) is 0 Å². The van der Waals surface area contributed by atoms with Gasteiger partial charge in [0, 0.05) is 0 Å². The van der Waals surface area contributed by atoms with Crippen LogP contribution < -0.4 is 0 Å². The monoisotopic (exact) mass is 448 g/mol. The molecule has 0 aliphatic heterocycles. The Morgan fingerprint density at radius 1 is 0.692 bits per heavy atom. The van der Waals surface area contributed by atoms with Crippen molar-refractivity contribution in [3.05, 3.63) is 0 Å². The molecule has 26 heavy (non-hydrogen) atoms. The van der Waals surface area contributed by atoms with Crippen molar-refractivity contribution in [3.63, 3.8) is 0 Å². The first-order valence-corrected chi connectivity index (χ1v) is 7.15. The lowest BCUT2D eigenvalue weighted by atomic mass is 9.79. The van der Waals surface area contributed by atoms with Gasteiger partial charge >= 0.3 is 23.1 Å². The number of carbonyl (C=O) groups excluding carboxylic acids is 1. The summed E-state index contributed by atoms with van der Waals surface area (Å²) in [6, 6.07) is 0. The molecule has 1 rings (SSSR count). The zero-order valence-electron chi connectivity index (χ0n) is 11.9. The molecule has 1 saturated carbocycles. The Labute approximate surface area is 147 Å². The van der Waals surface area contributed by atoms with Crippen molar-refractivity contribution in [3.8, 4) is 0 Å². The van der Waals surface area contributed by atoms with Gasteiger partial charge in [-0.1, -0.05) is 0 Å². The summed E-state index contributed by atoms with van der Waals surface area (Å²) < 4.78 is 130. The minimum absolute atomic E-state index is 1.55. The van der Waals surface area contributed by atoms with Crippen molar-refractivity contribution in [1.29, 1.82) is 0 Å². The van der Waals surface area contributed by atoms with Crippen LogP contribution >= 0.6 is 23.2 Å². The van der Waals surface area contributed by atoms with Gasteiger partial charge < -0.3 is 10.2 Å². The highest BCUT2D eigenvalue weighted by Gasteiger charge is 2.79. The Bertz CT molecular complexity index is 487. The fourth-order valence-corrected chi connectivity index (χ4v) is 3.28. The average Bonchev–Trinajstić information content (AvgIpc) is 2.73. The minimum atomic E-state index is -6.33. The number of carbonyl (C=O) groups is 1. The summed E-state index contributed by atoms with van der Waals surface area (Å²) in [6.45, 7) is 0. The van der Waals surface area contributed by atoms with Crippen LogP contribution in [0.15, 0.2) is 0 Å². The molecular formula is C11H8Cl2F10O3. The van der Waals surface area contributed by atoms with E-state index in [0.29, 0.717) is 0 Å². The van der Waals surface area contributed by atoms with E-state index in [1.54, 1.807) is 0 Å². The zero-order chi connectivity index (χ0) is 21.1. The van der Waals surface area contributed by atoms with E-state index in [2.05, 4.69) is 23.2 Å². The fraction of sp³-hybridized carbons (Fsp3) is 0.909. The second kappa shape index (κ2) is 6.24. The molecule has 2 N–H and O–H groups in total. The van der Waals surface area contributed by atoms with Crippen LogP contribution in [0.5, 0.6) is 0 Å². The molecule has 0 heterocycles. The van der Waals surface area contributed by atoms with Crippen molar-refractivity contribution < 1.29 is 58.9 Å². The lowest BCUT2D eigenvalue weighted by molar-refractivity contribution is -0.328. The molecule has 4 unspecified atom stereocenters. The first-order chi connectivity index (χ1) is 11.1. The molecule has 1 aliphatic carbocycles. The van der Waals surface area contributed by atoms with Gasteiger partial charge in [0.25, 0.3) is 0 Å². The summed E-state index contributed by atoms with van der Waals surface area (Å²) in [4.78, 5) is 11.9. The summed E-state index contributed by atoms with van der Waals surface area (Å²) in [6.07, 6.45) is -15.7. The molecule has 0 aromatic rings. The average molecular weight is 449 g/mol. The van der Waals surface area contributed by atoms with Crippen molar-refractivity contribution in [2.75, 3.05) is 0 Å². The topological polar surface area (TPSA) is 57.5 Å². The second-order valence-corrected chi connectivity index (χ2v) is 6.56. The van der Waals surface area contributed by atoms with E-state index in [1.807, 2.05) is 0 Å². The number of aliphatic hydroxyl groups is 2. The molecule has 0 saturated heterocycles. The number of rotatable bonds is 4. The highest BCUT2D eigenvalue weighted by Crippen LogP contribution is 2.58. The van der Waals surface area contributed by atoms with Crippen molar-refractivity contribution >= 4 is 29.0 Å². The van der Waals surface area contributed by atoms with Gasteiger partial charge in [-0.15, -0.1) is 0 Å². The molecule has 1 aliphatic rings. The molecule has 0 amide bonds. The molecule has 4 atom stereocenters. The van der Waals surface area contributed by atoms with Gasteiger partial charge in [0.1, 0.15) is 5.78 Å². The van der Waals surface area contributed by atoms with E-state index in [9.17, 15) is 58.9 Å². The van der Waals surface area contributed by atoms with Crippen LogP contribution in [0.25, 0.3) is 0 Å². The summed E-state index contributed by atoms with van der Waals surface area (Å²) >= 11 is 8.40. The highest BCUT2D eigenvalue weighted by molar-refractivity contribution is 6.23. The maximum absolute atomic E-state index is 13.2.